The molecule has 0 aromatic carbocycles. The summed E-state index contributed by atoms with van der Waals surface area (Å²) in [5.41, 5.74) is 0.835. The van der Waals surface area contributed by atoms with Crippen LogP contribution in [0.5, 0.6) is 0 Å². The lowest BCUT2D eigenvalue weighted by Crippen LogP contribution is -2.50. The molecule has 6 nitrogen and oxygen atoms in total. The van der Waals surface area contributed by atoms with Gasteiger partial charge in [0.15, 0.2) is 0 Å². The predicted molar refractivity (Wildman–Crippen MR) is 71.7 cm³/mol. The zero-order valence-electron chi connectivity index (χ0n) is 11.2. The topological polar surface area (TPSA) is 65.5 Å². The summed E-state index contributed by atoms with van der Waals surface area (Å²) in [7, 11) is 2.00. The number of pyridine rings is 1. The fourth-order valence-corrected chi connectivity index (χ4v) is 1.93. The Morgan fingerprint density at radius 1 is 1.26 bits per heavy atom. The molecule has 102 valence electrons. The predicted octanol–water partition coefficient (Wildman–Crippen LogP) is 0.103. The summed E-state index contributed by atoms with van der Waals surface area (Å²) in [6.07, 6.45) is 1.59. The van der Waals surface area contributed by atoms with Crippen molar-refractivity contribution in [2.75, 3.05) is 38.5 Å². The van der Waals surface area contributed by atoms with Crippen LogP contribution in [-0.4, -0.2) is 59.8 Å². The molecule has 0 spiro atoms. The third kappa shape index (κ3) is 3.29. The molecule has 0 radical (unpaired) electrons. The number of rotatable bonds is 1. The Kier molecular flexibility index (Phi) is 4.11. The third-order valence-corrected chi connectivity index (χ3v) is 3.23. The van der Waals surface area contributed by atoms with Gasteiger partial charge in [0.05, 0.1) is 0 Å². The van der Waals surface area contributed by atoms with Gasteiger partial charge in [-0.25, -0.2) is 4.98 Å². The first-order valence-corrected chi connectivity index (χ1v) is 6.28. The monoisotopic (exact) mass is 262 g/mol. The van der Waals surface area contributed by atoms with E-state index in [9.17, 15) is 9.59 Å². The molecule has 0 saturated carbocycles. The molecule has 1 fully saturated rings. The van der Waals surface area contributed by atoms with Crippen LogP contribution in [-0.2, 0) is 9.59 Å². The number of likely N-dealkylation sites (N-methyl/N-ethyl adjacent to an activating group) is 1. The van der Waals surface area contributed by atoms with Gasteiger partial charge >= 0.3 is 11.8 Å². The van der Waals surface area contributed by atoms with Crippen molar-refractivity contribution in [1.82, 2.24) is 14.8 Å². The summed E-state index contributed by atoms with van der Waals surface area (Å²) in [4.78, 5) is 31.6. The molecule has 6 heteroatoms. The number of nitrogens with zero attached hydrogens (tertiary/aromatic N) is 3. The summed E-state index contributed by atoms with van der Waals surface area (Å²) < 4.78 is 0. The third-order valence-electron chi connectivity index (χ3n) is 3.23. The van der Waals surface area contributed by atoms with E-state index in [-0.39, 0.29) is 0 Å². The van der Waals surface area contributed by atoms with Crippen molar-refractivity contribution in [2.24, 2.45) is 0 Å². The lowest BCUT2D eigenvalue weighted by molar-refractivity contribution is -0.144. The van der Waals surface area contributed by atoms with Gasteiger partial charge in [-0.15, -0.1) is 0 Å². The molecule has 19 heavy (non-hydrogen) atoms. The molecular formula is C13H18N4O2. The van der Waals surface area contributed by atoms with Crippen LogP contribution in [0.4, 0.5) is 5.82 Å². The molecule has 0 atom stereocenters. The fourth-order valence-electron chi connectivity index (χ4n) is 1.93. The van der Waals surface area contributed by atoms with Crippen LogP contribution in [0.25, 0.3) is 0 Å². The Morgan fingerprint density at radius 2 is 1.95 bits per heavy atom. The number of piperazine rings is 1. The van der Waals surface area contributed by atoms with Crippen molar-refractivity contribution < 1.29 is 9.59 Å². The Morgan fingerprint density at radius 3 is 2.58 bits per heavy atom. The lowest BCUT2D eigenvalue weighted by atomic mass is 10.3. The van der Waals surface area contributed by atoms with E-state index in [0.717, 1.165) is 18.7 Å². The van der Waals surface area contributed by atoms with Gasteiger partial charge in [-0.1, -0.05) is 6.07 Å². The van der Waals surface area contributed by atoms with E-state index in [1.54, 1.807) is 17.2 Å². The minimum Gasteiger partial charge on any atom is -0.332 e. The van der Waals surface area contributed by atoms with Gasteiger partial charge in [0.25, 0.3) is 0 Å². The number of hydrogen-bond acceptors (Lipinski definition) is 4. The molecular weight excluding hydrogens is 244 g/mol. The number of amides is 2. The van der Waals surface area contributed by atoms with Crippen LogP contribution in [0.3, 0.4) is 0 Å². The summed E-state index contributed by atoms with van der Waals surface area (Å²) in [5.74, 6) is -0.667. The van der Waals surface area contributed by atoms with Crippen molar-refractivity contribution in [3.05, 3.63) is 23.9 Å². The van der Waals surface area contributed by atoms with Crippen molar-refractivity contribution >= 4 is 17.6 Å². The number of nitrogens with one attached hydrogen (secondary N) is 1. The molecule has 1 aliphatic rings. The Hall–Kier alpha value is -1.95. The number of carbonyl (C=O) groups is 2. The molecule has 2 rings (SSSR count). The van der Waals surface area contributed by atoms with Crippen molar-refractivity contribution in [3.63, 3.8) is 0 Å². The minimum absolute atomic E-state index is 0.440. The van der Waals surface area contributed by atoms with Gasteiger partial charge < -0.3 is 15.1 Å². The Balaban J connectivity index is 1.96. The summed E-state index contributed by atoms with van der Waals surface area (Å²) in [6, 6.07) is 3.62. The van der Waals surface area contributed by atoms with E-state index in [0.29, 0.717) is 18.9 Å². The molecule has 1 aromatic heterocycles. The Bertz CT molecular complexity index is 481. The maximum atomic E-state index is 12.0. The molecule has 2 amide bonds. The van der Waals surface area contributed by atoms with Crippen molar-refractivity contribution in [1.29, 1.82) is 0 Å². The smallest absolute Gasteiger partial charge is 0.315 e. The molecule has 1 aliphatic heterocycles. The molecule has 0 bridgehead atoms. The summed E-state index contributed by atoms with van der Waals surface area (Å²) in [6.45, 7) is 4.60. The highest BCUT2D eigenvalue weighted by Gasteiger charge is 2.25. The van der Waals surface area contributed by atoms with E-state index in [1.165, 1.54) is 0 Å². The van der Waals surface area contributed by atoms with Gasteiger partial charge in [-0.05, 0) is 25.6 Å². The zero-order valence-corrected chi connectivity index (χ0v) is 11.2. The van der Waals surface area contributed by atoms with E-state index >= 15 is 0 Å². The summed E-state index contributed by atoms with van der Waals surface area (Å²) >= 11 is 0. The fraction of sp³-hybridized carbons (Fsp3) is 0.462. The van der Waals surface area contributed by atoms with Gasteiger partial charge in [-0.3, -0.25) is 9.59 Å². The highest BCUT2D eigenvalue weighted by atomic mass is 16.2. The van der Waals surface area contributed by atoms with Crippen LogP contribution in [0.1, 0.15) is 5.56 Å². The Labute approximate surface area is 112 Å². The second kappa shape index (κ2) is 5.79. The van der Waals surface area contributed by atoms with Crippen LogP contribution in [0, 0.1) is 6.92 Å². The van der Waals surface area contributed by atoms with Gasteiger partial charge in [-0.2, -0.15) is 0 Å². The van der Waals surface area contributed by atoms with Crippen LogP contribution in [0.15, 0.2) is 18.3 Å². The first-order valence-electron chi connectivity index (χ1n) is 6.28. The minimum atomic E-state index is -0.619. The molecule has 0 aliphatic carbocycles. The largest absolute Gasteiger partial charge is 0.332 e. The first-order chi connectivity index (χ1) is 9.08. The average Bonchev–Trinajstić information content (AvgIpc) is 2.41. The van der Waals surface area contributed by atoms with Crippen molar-refractivity contribution in [2.45, 2.75) is 6.92 Å². The quantitative estimate of drug-likeness (QED) is 0.729. The maximum absolute atomic E-state index is 12.0. The second-order valence-electron chi connectivity index (χ2n) is 4.72. The van der Waals surface area contributed by atoms with E-state index < -0.39 is 11.8 Å². The highest BCUT2D eigenvalue weighted by molar-refractivity contribution is 6.39. The van der Waals surface area contributed by atoms with Crippen molar-refractivity contribution in [3.8, 4) is 0 Å². The first kappa shape index (κ1) is 13.5. The number of aryl methyl sites for hydroxylation is 1. The highest BCUT2D eigenvalue weighted by Crippen LogP contribution is 2.09. The van der Waals surface area contributed by atoms with Gasteiger partial charge in [0, 0.05) is 32.4 Å². The van der Waals surface area contributed by atoms with E-state index in [4.69, 9.17) is 0 Å². The number of aromatic nitrogens is 1. The number of hydrogen-bond donors (Lipinski definition) is 1. The lowest BCUT2D eigenvalue weighted by Gasteiger charge is -2.31. The second-order valence-corrected chi connectivity index (χ2v) is 4.72. The molecule has 2 heterocycles. The van der Waals surface area contributed by atoms with E-state index in [1.807, 2.05) is 20.0 Å². The van der Waals surface area contributed by atoms with Gasteiger partial charge in [0.1, 0.15) is 5.82 Å². The maximum Gasteiger partial charge on any atom is 0.315 e. The van der Waals surface area contributed by atoms with E-state index in [2.05, 4.69) is 15.2 Å². The van der Waals surface area contributed by atoms with Crippen LogP contribution in [0.2, 0.25) is 0 Å². The standard InChI is InChI=1S/C13H18N4O2/c1-10-4-3-5-14-11(10)15-12(18)13(19)17-8-6-16(2)7-9-17/h3-5H,6-9H2,1-2H3,(H,14,15,18). The van der Waals surface area contributed by atoms with Gasteiger partial charge in [0.2, 0.25) is 0 Å². The number of anilines is 1. The molecule has 0 unspecified atom stereocenters. The average molecular weight is 262 g/mol. The van der Waals surface area contributed by atoms with Crippen LogP contribution < -0.4 is 5.32 Å². The molecule has 1 aromatic rings. The normalized spacial score (nSPS) is 16.2. The molecule has 1 N–H and O–H groups in total. The summed E-state index contributed by atoms with van der Waals surface area (Å²) in [5, 5.41) is 2.56. The zero-order chi connectivity index (χ0) is 13.8. The SMILES string of the molecule is Cc1cccnc1NC(=O)C(=O)N1CCN(C)CC1. The molecule has 1 saturated heterocycles. The number of carbonyl (C=O) groups excluding carboxylic acids is 2. The van der Waals surface area contributed by atoms with Crippen LogP contribution >= 0.6 is 0 Å².